The molecule has 0 radical (unpaired) electrons. The van der Waals surface area contributed by atoms with Gasteiger partial charge in [0.1, 0.15) is 0 Å². The number of hydrogen-bond donors (Lipinski definition) is 0. The summed E-state index contributed by atoms with van der Waals surface area (Å²) in [6.45, 7) is 1.10. The minimum absolute atomic E-state index is 0.881. The number of quaternary nitrogens is 1. The van der Waals surface area contributed by atoms with Crippen LogP contribution in [0.5, 0.6) is 0 Å². The van der Waals surface area contributed by atoms with E-state index in [1.807, 2.05) is 0 Å². The van der Waals surface area contributed by atoms with Crippen LogP contribution in [-0.2, 0) is 13.3 Å². The first-order chi connectivity index (χ1) is 6.39. The molecule has 5 heteroatoms. The molecule has 0 spiro atoms. The molecule has 0 atom stereocenters. The SMILES string of the molecule is CO[Si](CCC[15N+](C)(C)C)(OC)OC. The summed E-state index contributed by atoms with van der Waals surface area (Å²) >= 11 is 0. The molecular weight excluding hydrogens is 199 g/mol. The molecule has 0 amide bonds. The van der Waals surface area contributed by atoms with E-state index >= 15 is 0 Å². The Bertz CT molecular complexity index is 146. The second-order valence-corrected chi connectivity index (χ2v) is 7.50. The van der Waals surface area contributed by atoms with Crippen LogP contribution in [-0.4, -0.2) is 62.3 Å². The van der Waals surface area contributed by atoms with Gasteiger partial charge in [0.2, 0.25) is 0 Å². The van der Waals surface area contributed by atoms with Crippen LogP contribution in [0.25, 0.3) is 0 Å². The fourth-order valence-corrected chi connectivity index (χ4v) is 3.03. The lowest BCUT2D eigenvalue weighted by atomic mass is 10.5. The summed E-state index contributed by atoms with van der Waals surface area (Å²) in [7, 11) is 9.18. The first-order valence-corrected chi connectivity index (χ1v) is 6.78. The molecule has 0 aliphatic heterocycles. The molecule has 0 aliphatic carbocycles. The third-order valence-electron chi connectivity index (χ3n) is 2.24. The Morgan fingerprint density at radius 2 is 1.36 bits per heavy atom. The monoisotopic (exact) mass is 223 g/mol. The minimum Gasteiger partial charge on any atom is -0.377 e. The maximum Gasteiger partial charge on any atom is 0.500 e. The Morgan fingerprint density at radius 3 is 1.64 bits per heavy atom. The van der Waals surface area contributed by atoms with Crippen molar-refractivity contribution in [3.8, 4) is 0 Å². The van der Waals surface area contributed by atoms with Gasteiger partial charge in [0.25, 0.3) is 0 Å². The lowest BCUT2D eigenvalue weighted by molar-refractivity contribution is -0.870. The van der Waals surface area contributed by atoms with Gasteiger partial charge in [-0.15, -0.1) is 0 Å². The molecule has 0 heterocycles. The van der Waals surface area contributed by atoms with Gasteiger partial charge in [0.05, 0.1) is 27.7 Å². The van der Waals surface area contributed by atoms with Gasteiger partial charge in [0, 0.05) is 33.8 Å². The highest BCUT2D eigenvalue weighted by Gasteiger charge is 2.37. The van der Waals surface area contributed by atoms with E-state index in [4.69, 9.17) is 13.3 Å². The molecule has 0 aromatic heterocycles. The minimum atomic E-state index is -2.33. The summed E-state index contributed by atoms with van der Waals surface area (Å²) in [6, 6.07) is 0.881. The largest absolute Gasteiger partial charge is 0.500 e. The van der Waals surface area contributed by atoms with Gasteiger partial charge in [-0.1, -0.05) is 0 Å². The molecule has 4 nitrogen and oxygen atoms in total. The van der Waals surface area contributed by atoms with Crippen molar-refractivity contribution in [3.05, 3.63) is 0 Å². The third-order valence-corrected chi connectivity index (χ3v) is 5.08. The fourth-order valence-electron chi connectivity index (χ4n) is 1.33. The second kappa shape index (κ2) is 5.82. The van der Waals surface area contributed by atoms with E-state index in [0.717, 1.165) is 23.5 Å². The van der Waals surface area contributed by atoms with E-state index < -0.39 is 8.80 Å². The number of hydrogen-bond acceptors (Lipinski definition) is 3. The molecule has 0 N–H and O–H groups in total. The quantitative estimate of drug-likeness (QED) is 0.365. The van der Waals surface area contributed by atoms with Crippen molar-refractivity contribution in [2.24, 2.45) is 0 Å². The van der Waals surface area contributed by atoms with Gasteiger partial charge in [-0.05, 0) is 0 Å². The Hall–Kier alpha value is 0.0569. The maximum atomic E-state index is 5.34. The van der Waals surface area contributed by atoms with Crippen molar-refractivity contribution in [1.29, 1.82) is 0 Å². The summed E-state index contributed by atoms with van der Waals surface area (Å²) in [5, 5.41) is 0. The average molecular weight is 223 g/mol. The molecule has 0 saturated heterocycles. The Kier molecular flexibility index (Phi) is 5.85. The molecule has 0 unspecified atom stereocenters. The summed E-state index contributed by atoms with van der Waals surface area (Å²) < 4.78 is 17.0. The van der Waals surface area contributed by atoms with E-state index in [-0.39, 0.29) is 0 Å². The molecule has 14 heavy (non-hydrogen) atoms. The summed E-state index contributed by atoms with van der Waals surface area (Å²) in [5.74, 6) is 0. The molecule has 0 aromatic rings. The van der Waals surface area contributed by atoms with Crippen LogP contribution in [0.1, 0.15) is 6.42 Å². The lowest BCUT2D eigenvalue weighted by Gasteiger charge is -2.27. The molecule has 0 aromatic carbocycles. The van der Waals surface area contributed by atoms with Crippen LogP contribution >= 0.6 is 0 Å². The molecule has 0 fully saturated rings. The average Bonchev–Trinajstić information content (AvgIpc) is 2.11. The summed E-state index contributed by atoms with van der Waals surface area (Å²) in [6.07, 6.45) is 1.06. The highest BCUT2D eigenvalue weighted by molar-refractivity contribution is 6.60. The zero-order chi connectivity index (χ0) is 11.2. The smallest absolute Gasteiger partial charge is 0.377 e. The molecule has 0 saturated carbocycles. The predicted molar refractivity (Wildman–Crippen MR) is 59.1 cm³/mol. The predicted octanol–water partition coefficient (Wildman–Crippen LogP) is 0.961. The van der Waals surface area contributed by atoms with Crippen molar-refractivity contribution in [3.63, 3.8) is 0 Å². The molecular formula is C9H24NO3Si+. The Balaban J connectivity index is 3.95. The zero-order valence-electron chi connectivity index (χ0n) is 10.3. The lowest BCUT2D eigenvalue weighted by Crippen LogP contribution is -2.44. The molecule has 0 rings (SSSR count). The van der Waals surface area contributed by atoms with Crippen LogP contribution in [0.4, 0.5) is 0 Å². The second-order valence-electron chi connectivity index (χ2n) is 4.41. The van der Waals surface area contributed by atoms with Crippen molar-refractivity contribution in [2.75, 3.05) is 49.0 Å². The van der Waals surface area contributed by atoms with Crippen molar-refractivity contribution in [1.82, 2.24) is 0 Å². The van der Waals surface area contributed by atoms with Gasteiger partial charge in [0.15, 0.2) is 0 Å². The maximum absolute atomic E-state index is 5.34. The molecule has 0 aliphatic rings. The molecule has 0 bridgehead atoms. The summed E-state index contributed by atoms with van der Waals surface area (Å²) in [5.41, 5.74) is 0. The van der Waals surface area contributed by atoms with Gasteiger partial charge in [-0.2, -0.15) is 0 Å². The van der Waals surface area contributed by atoms with Crippen LogP contribution < -0.4 is 0 Å². The van der Waals surface area contributed by atoms with Gasteiger partial charge >= 0.3 is 8.80 Å². The van der Waals surface area contributed by atoms with Crippen LogP contribution in [0.2, 0.25) is 6.04 Å². The van der Waals surface area contributed by atoms with Crippen molar-refractivity contribution in [2.45, 2.75) is 12.5 Å². The first kappa shape index (κ1) is 14.1. The third kappa shape index (κ3) is 5.07. The van der Waals surface area contributed by atoms with E-state index in [9.17, 15) is 0 Å². The normalized spacial score (nSPS) is 13.3. The highest BCUT2D eigenvalue weighted by atomic mass is 28.4. The molecule has 86 valence electrons. The number of rotatable bonds is 7. The first-order valence-electron chi connectivity index (χ1n) is 4.85. The van der Waals surface area contributed by atoms with Crippen LogP contribution in [0.3, 0.4) is 0 Å². The van der Waals surface area contributed by atoms with E-state index in [1.54, 1.807) is 21.3 Å². The fraction of sp³-hybridized carbons (Fsp3) is 1.00. The van der Waals surface area contributed by atoms with E-state index in [0.29, 0.717) is 0 Å². The topological polar surface area (TPSA) is 27.7 Å². The van der Waals surface area contributed by atoms with Crippen molar-refractivity contribution >= 4 is 8.80 Å². The van der Waals surface area contributed by atoms with Gasteiger partial charge in [-0.25, -0.2) is 0 Å². The van der Waals surface area contributed by atoms with Crippen molar-refractivity contribution < 1.29 is 17.8 Å². The van der Waals surface area contributed by atoms with Crippen LogP contribution in [0, 0.1) is 0 Å². The van der Waals surface area contributed by atoms with E-state index in [2.05, 4.69) is 21.1 Å². The number of nitrogens with zero attached hydrogens (tertiary/aromatic N) is 1. The summed E-state index contributed by atoms with van der Waals surface area (Å²) in [4.78, 5) is 0. The van der Waals surface area contributed by atoms with Gasteiger partial charge < -0.3 is 17.8 Å². The van der Waals surface area contributed by atoms with E-state index in [1.165, 1.54) is 0 Å². The Morgan fingerprint density at radius 1 is 0.929 bits per heavy atom. The highest BCUT2D eigenvalue weighted by Crippen LogP contribution is 2.15. The van der Waals surface area contributed by atoms with Gasteiger partial charge in [-0.3, -0.25) is 0 Å². The Labute approximate surface area is 88.7 Å². The standard InChI is InChI=1S/C9H24NO3Si/c1-10(2,3)8-7-9-14(11-4,12-5)13-6/h7-9H2,1-6H3/q+1/i10+1. The zero-order valence-corrected chi connectivity index (χ0v) is 11.3. The van der Waals surface area contributed by atoms with Crippen LogP contribution in [0.15, 0.2) is 0 Å².